The Bertz CT molecular complexity index is 628. The fraction of sp³-hybridized carbons (Fsp3) is 0.133. The predicted molar refractivity (Wildman–Crippen MR) is 92.7 cm³/mol. The van der Waals surface area contributed by atoms with E-state index in [0.717, 1.165) is 11.3 Å². The Hall–Kier alpha value is -0.870. The molecule has 21 heavy (non-hydrogen) atoms. The summed E-state index contributed by atoms with van der Waals surface area (Å²) in [6, 6.07) is 12.5. The number of rotatable bonds is 5. The highest BCUT2D eigenvalue weighted by Crippen LogP contribution is 2.23. The summed E-state index contributed by atoms with van der Waals surface area (Å²) in [6.07, 6.45) is 0. The van der Waals surface area contributed by atoms with E-state index in [1.54, 1.807) is 18.2 Å². The molecule has 2 aromatic carbocycles. The van der Waals surface area contributed by atoms with Crippen LogP contribution in [0.2, 0.25) is 15.1 Å². The van der Waals surface area contributed by atoms with E-state index in [1.807, 2.05) is 24.3 Å². The van der Waals surface area contributed by atoms with Crippen molar-refractivity contribution >= 4 is 58.2 Å². The third-order valence-corrected chi connectivity index (χ3v) is 4.21. The van der Waals surface area contributed by atoms with Gasteiger partial charge in [-0.1, -0.05) is 46.9 Å². The van der Waals surface area contributed by atoms with E-state index in [0.29, 0.717) is 26.5 Å². The molecule has 0 bridgehead atoms. The minimum absolute atomic E-state index is 0.0969. The summed E-state index contributed by atoms with van der Waals surface area (Å²) in [7, 11) is 0. The third-order valence-electron chi connectivity index (χ3n) is 2.54. The average molecular weight is 361 g/mol. The molecule has 0 aromatic heterocycles. The SMILES string of the molecule is O=C(CSCc1cccc(Cl)c1)Nc1cc(Cl)cc(Cl)c1. The summed E-state index contributed by atoms with van der Waals surface area (Å²) in [5, 5.41) is 4.45. The number of benzene rings is 2. The second kappa shape index (κ2) is 7.95. The smallest absolute Gasteiger partial charge is 0.234 e. The molecule has 2 aromatic rings. The van der Waals surface area contributed by atoms with Crippen LogP contribution in [0, 0.1) is 0 Å². The van der Waals surface area contributed by atoms with Gasteiger partial charge in [0.1, 0.15) is 0 Å². The van der Waals surface area contributed by atoms with Crippen molar-refractivity contribution in [3.05, 3.63) is 63.1 Å². The van der Waals surface area contributed by atoms with Crippen molar-refractivity contribution in [1.29, 1.82) is 0 Å². The van der Waals surface area contributed by atoms with Gasteiger partial charge in [-0.2, -0.15) is 0 Å². The van der Waals surface area contributed by atoms with Crippen molar-refractivity contribution in [3.63, 3.8) is 0 Å². The second-order valence-corrected chi connectivity index (χ2v) is 6.62. The van der Waals surface area contributed by atoms with Gasteiger partial charge < -0.3 is 5.32 Å². The maximum Gasteiger partial charge on any atom is 0.234 e. The van der Waals surface area contributed by atoms with Gasteiger partial charge >= 0.3 is 0 Å². The molecule has 6 heteroatoms. The molecule has 0 atom stereocenters. The zero-order valence-electron chi connectivity index (χ0n) is 10.9. The number of carbonyl (C=O) groups excluding carboxylic acids is 1. The third kappa shape index (κ3) is 5.79. The Morgan fingerprint density at radius 1 is 1.00 bits per heavy atom. The standard InChI is InChI=1S/C15H12Cl3NOS/c16-11-3-1-2-10(4-11)8-21-9-15(20)19-14-6-12(17)5-13(18)7-14/h1-7H,8-9H2,(H,19,20). The Kier molecular flexibility index (Phi) is 6.24. The summed E-state index contributed by atoms with van der Waals surface area (Å²) in [6.45, 7) is 0. The van der Waals surface area contributed by atoms with Crippen molar-refractivity contribution in [2.75, 3.05) is 11.1 Å². The monoisotopic (exact) mass is 359 g/mol. The molecule has 0 radical (unpaired) electrons. The fourth-order valence-electron chi connectivity index (χ4n) is 1.71. The van der Waals surface area contributed by atoms with E-state index in [-0.39, 0.29) is 5.91 Å². The molecule has 0 saturated carbocycles. The van der Waals surface area contributed by atoms with Gasteiger partial charge in [0.25, 0.3) is 0 Å². The van der Waals surface area contributed by atoms with Crippen LogP contribution in [0.4, 0.5) is 5.69 Å². The number of thioether (sulfide) groups is 1. The lowest BCUT2D eigenvalue weighted by Crippen LogP contribution is -2.14. The first-order valence-corrected chi connectivity index (χ1v) is 8.40. The van der Waals surface area contributed by atoms with Crippen molar-refractivity contribution in [2.45, 2.75) is 5.75 Å². The molecule has 0 aliphatic heterocycles. The summed E-state index contributed by atoms with van der Waals surface area (Å²) in [5.41, 5.74) is 1.69. The highest BCUT2D eigenvalue weighted by atomic mass is 35.5. The van der Waals surface area contributed by atoms with Crippen molar-refractivity contribution in [2.24, 2.45) is 0 Å². The van der Waals surface area contributed by atoms with Crippen LogP contribution in [0.1, 0.15) is 5.56 Å². The molecule has 2 nitrogen and oxygen atoms in total. The molecule has 2 rings (SSSR count). The first-order valence-electron chi connectivity index (χ1n) is 6.11. The summed E-state index contributed by atoms with van der Waals surface area (Å²) >= 11 is 19.2. The molecule has 110 valence electrons. The van der Waals surface area contributed by atoms with Crippen LogP contribution in [-0.2, 0) is 10.5 Å². The van der Waals surface area contributed by atoms with E-state index in [4.69, 9.17) is 34.8 Å². The van der Waals surface area contributed by atoms with Gasteiger partial charge in [-0.05, 0) is 35.9 Å². The predicted octanol–water partition coefficient (Wildman–Crippen LogP) is 5.52. The number of anilines is 1. The van der Waals surface area contributed by atoms with Gasteiger partial charge in [-0.25, -0.2) is 0 Å². The molecule has 1 N–H and O–H groups in total. The zero-order valence-corrected chi connectivity index (χ0v) is 14.0. The minimum Gasteiger partial charge on any atom is -0.325 e. The lowest BCUT2D eigenvalue weighted by molar-refractivity contribution is -0.113. The summed E-state index contributed by atoms with van der Waals surface area (Å²) < 4.78 is 0. The Balaban J connectivity index is 1.82. The number of carbonyl (C=O) groups is 1. The first-order chi connectivity index (χ1) is 10.0. The van der Waals surface area contributed by atoms with Crippen LogP contribution >= 0.6 is 46.6 Å². The van der Waals surface area contributed by atoms with Crippen LogP contribution in [0.25, 0.3) is 0 Å². The summed E-state index contributed by atoms with van der Waals surface area (Å²) in [4.78, 5) is 11.8. The molecule has 1 amide bonds. The van der Waals surface area contributed by atoms with Gasteiger partial charge in [0.2, 0.25) is 5.91 Å². The highest BCUT2D eigenvalue weighted by molar-refractivity contribution is 7.99. The Labute approximate surface area is 142 Å². The lowest BCUT2D eigenvalue weighted by Gasteiger charge is -2.06. The highest BCUT2D eigenvalue weighted by Gasteiger charge is 2.05. The molecule has 0 saturated heterocycles. The molecule has 0 aliphatic carbocycles. The average Bonchev–Trinajstić information content (AvgIpc) is 2.37. The maximum absolute atomic E-state index is 11.8. The molecule has 0 aliphatic rings. The van der Waals surface area contributed by atoms with E-state index in [9.17, 15) is 4.79 Å². The molecular weight excluding hydrogens is 349 g/mol. The van der Waals surface area contributed by atoms with E-state index >= 15 is 0 Å². The second-order valence-electron chi connectivity index (χ2n) is 4.33. The van der Waals surface area contributed by atoms with Crippen molar-refractivity contribution < 1.29 is 4.79 Å². The number of nitrogens with one attached hydrogen (secondary N) is 1. The number of halogens is 3. The summed E-state index contributed by atoms with van der Waals surface area (Å²) in [5.74, 6) is 0.973. The number of hydrogen-bond donors (Lipinski definition) is 1. The van der Waals surface area contributed by atoms with Gasteiger partial charge in [0, 0.05) is 26.5 Å². The van der Waals surface area contributed by atoms with Gasteiger partial charge in [-0.15, -0.1) is 11.8 Å². The fourth-order valence-corrected chi connectivity index (χ4v) is 3.23. The maximum atomic E-state index is 11.8. The van der Waals surface area contributed by atoms with Crippen LogP contribution in [0.15, 0.2) is 42.5 Å². The number of amides is 1. The first kappa shape index (κ1) is 16.5. The Morgan fingerprint density at radius 3 is 2.38 bits per heavy atom. The normalized spacial score (nSPS) is 10.4. The largest absolute Gasteiger partial charge is 0.325 e. The van der Waals surface area contributed by atoms with E-state index in [2.05, 4.69) is 5.32 Å². The quantitative estimate of drug-likeness (QED) is 0.760. The van der Waals surface area contributed by atoms with Crippen LogP contribution in [-0.4, -0.2) is 11.7 Å². The minimum atomic E-state index is -0.0969. The molecule has 0 heterocycles. The van der Waals surface area contributed by atoms with Crippen molar-refractivity contribution in [3.8, 4) is 0 Å². The van der Waals surface area contributed by atoms with Gasteiger partial charge in [0.15, 0.2) is 0 Å². The topological polar surface area (TPSA) is 29.1 Å². The van der Waals surface area contributed by atoms with E-state index < -0.39 is 0 Å². The zero-order chi connectivity index (χ0) is 15.2. The Morgan fingerprint density at radius 2 is 1.71 bits per heavy atom. The lowest BCUT2D eigenvalue weighted by atomic mass is 10.2. The van der Waals surface area contributed by atoms with Crippen LogP contribution < -0.4 is 5.32 Å². The van der Waals surface area contributed by atoms with Gasteiger partial charge in [-0.3, -0.25) is 4.79 Å². The van der Waals surface area contributed by atoms with Crippen LogP contribution in [0.3, 0.4) is 0 Å². The van der Waals surface area contributed by atoms with E-state index in [1.165, 1.54) is 11.8 Å². The molecule has 0 unspecified atom stereocenters. The number of hydrogen-bond acceptors (Lipinski definition) is 2. The molecule has 0 spiro atoms. The van der Waals surface area contributed by atoms with Crippen molar-refractivity contribution in [1.82, 2.24) is 0 Å². The molecular formula is C15H12Cl3NOS. The van der Waals surface area contributed by atoms with Crippen LogP contribution in [0.5, 0.6) is 0 Å². The van der Waals surface area contributed by atoms with Gasteiger partial charge in [0.05, 0.1) is 5.75 Å². The molecule has 0 fully saturated rings.